The highest BCUT2D eigenvalue weighted by molar-refractivity contribution is 5.72. The first-order chi connectivity index (χ1) is 6.09. The lowest BCUT2D eigenvalue weighted by Crippen LogP contribution is -2.29. The number of aliphatic carboxylic acids is 1. The van der Waals surface area contributed by atoms with Crippen LogP contribution in [0.25, 0.3) is 0 Å². The zero-order valence-electron chi connectivity index (χ0n) is 8.70. The van der Waals surface area contributed by atoms with E-state index in [0.717, 1.165) is 0 Å². The van der Waals surface area contributed by atoms with Gasteiger partial charge in [0.15, 0.2) is 0 Å². The van der Waals surface area contributed by atoms with Crippen LogP contribution < -0.4 is 11.1 Å². The van der Waals surface area contributed by atoms with Gasteiger partial charge in [-0.3, -0.25) is 4.79 Å². The number of carbonyl (C=O) groups excluding carboxylic acids is 1. The number of rotatable bonds is 3. The normalized spacial score (nSPS) is 9.62. The second kappa shape index (κ2) is 17.2. The number of carbonyl (C=O) groups is 2. The van der Waals surface area contributed by atoms with Gasteiger partial charge in [-0.05, 0) is 14.0 Å². The van der Waals surface area contributed by atoms with Gasteiger partial charge >= 0.3 is 5.97 Å². The summed E-state index contributed by atoms with van der Waals surface area (Å²) in [5, 5.41) is 10.7. The maximum atomic E-state index is 9.87. The van der Waals surface area contributed by atoms with Crippen molar-refractivity contribution in [1.82, 2.24) is 5.32 Å². The monoisotopic (exact) mass is 192 g/mol. The molecule has 0 fully saturated rings. The van der Waals surface area contributed by atoms with Crippen LogP contribution in [-0.2, 0) is 9.59 Å². The van der Waals surface area contributed by atoms with E-state index in [2.05, 4.69) is 11.1 Å². The molecule has 13 heavy (non-hydrogen) atoms. The predicted octanol–water partition coefficient (Wildman–Crippen LogP) is -0.151. The minimum atomic E-state index is -0.817. The van der Waals surface area contributed by atoms with E-state index in [0.29, 0.717) is 6.29 Å². The Hall–Kier alpha value is -0.940. The molecule has 0 aliphatic rings. The number of hydrogen-bond donors (Lipinski definition) is 3. The fourth-order valence-electron chi connectivity index (χ4n) is 0.123. The lowest BCUT2D eigenvalue weighted by Gasteiger charge is -1.99. The Balaban J connectivity index is -0.000000142. The first kappa shape index (κ1) is 18.0. The Morgan fingerprint density at radius 1 is 1.62 bits per heavy atom. The van der Waals surface area contributed by atoms with Crippen LogP contribution in [0.3, 0.4) is 0 Å². The fourth-order valence-corrected chi connectivity index (χ4v) is 0.123. The number of nitrogens with two attached hydrogens (primary N) is 1. The molecule has 0 aliphatic heterocycles. The van der Waals surface area contributed by atoms with Crippen LogP contribution in [0.2, 0.25) is 0 Å². The molecular weight excluding hydrogens is 172 g/mol. The first-order valence-corrected chi connectivity index (χ1v) is 4.13. The van der Waals surface area contributed by atoms with Crippen molar-refractivity contribution in [2.24, 2.45) is 5.73 Å². The Morgan fingerprint density at radius 2 is 1.92 bits per heavy atom. The van der Waals surface area contributed by atoms with Crippen molar-refractivity contribution < 1.29 is 14.7 Å². The van der Waals surface area contributed by atoms with Gasteiger partial charge < -0.3 is 21.0 Å². The summed E-state index contributed by atoms with van der Waals surface area (Å²) in [5.41, 5.74) is 4.66. The molecular formula is C8H20N2O3. The predicted molar refractivity (Wildman–Crippen MR) is 52.6 cm³/mol. The number of nitrogens with one attached hydrogen (secondary N) is 1. The Kier molecular flexibility index (Phi) is 23.8. The van der Waals surface area contributed by atoms with E-state index in [9.17, 15) is 4.79 Å². The highest BCUT2D eigenvalue weighted by Gasteiger charge is 2.04. The minimum absolute atomic E-state index is 0.139. The molecule has 0 radical (unpaired) electrons. The van der Waals surface area contributed by atoms with Crippen molar-refractivity contribution in [2.45, 2.75) is 26.8 Å². The van der Waals surface area contributed by atoms with Crippen LogP contribution in [0.5, 0.6) is 0 Å². The second-order valence-electron chi connectivity index (χ2n) is 1.75. The molecule has 0 aromatic rings. The molecule has 1 atom stereocenters. The molecule has 0 rings (SSSR count). The summed E-state index contributed by atoms with van der Waals surface area (Å²) < 4.78 is 0. The third kappa shape index (κ3) is 24.7. The summed E-state index contributed by atoms with van der Waals surface area (Å²) in [5.74, 6) is -0.817. The van der Waals surface area contributed by atoms with Gasteiger partial charge in [-0.1, -0.05) is 13.8 Å². The summed E-state index contributed by atoms with van der Waals surface area (Å²) in [6.07, 6.45) is 0.653. The molecule has 0 saturated carbocycles. The molecule has 4 N–H and O–H groups in total. The molecule has 0 bridgehead atoms. The molecule has 0 aliphatic carbocycles. The summed E-state index contributed by atoms with van der Waals surface area (Å²) in [6.45, 7) is 5.72. The van der Waals surface area contributed by atoms with E-state index in [-0.39, 0.29) is 6.54 Å². The molecule has 0 aromatic carbocycles. The smallest absolute Gasteiger partial charge is 0.320 e. The lowest BCUT2D eigenvalue weighted by atomic mass is 10.4. The molecule has 0 aromatic heterocycles. The molecule has 5 heteroatoms. The van der Waals surface area contributed by atoms with E-state index in [1.807, 2.05) is 13.8 Å². The number of carboxylic acid groups (broad SMARTS) is 1. The van der Waals surface area contributed by atoms with Crippen molar-refractivity contribution in [1.29, 1.82) is 0 Å². The van der Waals surface area contributed by atoms with Crippen LogP contribution in [0, 0.1) is 0 Å². The van der Waals surface area contributed by atoms with E-state index in [1.54, 1.807) is 14.0 Å². The highest BCUT2D eigenvalue weighted by Crippen LogP contribution is 1.74. The van der Waals surface area contributed by atoms with Gasteiger partial charge in [0, 0.05) is 6.54 Å². The van der Waals surface area contributed by atoms with Crippen LogP contribution in [-0.4, -0.2) is 37.0 Å². The average Bonchev–Trinajstić information content (AvgIpc) is 2.19. The topological polar surface area (TPSA) is 92.4 Å². The summed E-state index contributed by atoms with van der Waals surface area (Å²) in [7, 11) is 1.61. The maximum Gasteiger partial charge on any atom is 0.320 e. The zero-order chi connectivity index (χ0) is 11.3. The van der Waals surface area contributed by atoms with Gasteiger partial charge in [-0.2, -0.15) is 0 Å². The number of aldehydes is 1. The largest absolute Gasteiger partial charge is 0.480 e. The van der Waals surface area contributed by atoms with Gasteiger partial charge in [-0.25, -0.2) is 0 Å². The number of carboxylic acids is 1. The average molecular weight is 192 g/mol. The van der Waals surface area contributed by atoms with Gasteiger partial charge in [0.05, 0.1) is 0 Å². The van der Waals surface area contributed by atoms with Gasteiger partial charge in [0.2, 0.25) is 0 Å². The Morgan fingerprint density at radius 3 is 1.92 bits per heavy atom. The third-order valence-corrected chi connectivity index (χ3v) is 0.900. The molecule has 0 amide bonds. The molecule has 5 nitrogen and oxygen atoms in total. The number of hydrogen-bond acceptors (Lipinski definition) is 4. The van der Waals surface area contributed by atoms with Crippen LogP contribution >= 0.6 is 0 Å². The van der Waals surface area contributed by atoms with Gasteiger partial charge in [0.1, 0.15) is 12.3 Å². The SMILES string of the molecule is CC.CNC(C)C(=O)O.NCC=O. The maximum absolute atomic E-state index is 9.87. The molecule has 0 heterocycles. The van der Waals surface area contributed by atoms with Crippen LogP contribution in [0.4, 0.5) is 0 Å². The summed E-state index contributed by atoms with van der Waals surface area (Å²) in [6, 6.07) is -0.431. The standard InChI is InChI=1S/C4H9NO2.C2H5NO.C2H6/c1-3(5-2)4(6)7;3-1-2-4;1-2/h3,5H,1-2H3,(H,6,7);2H,1,3H2;1-2H3. The second-order valence-corrected chi connectivity index (χ2v) is 1.75. The van der Waals surface area contributed by atoms with Crippen molar-refractivity contribution in [2.75, 3.05) is 13.6 Å². The van der Waals surface area contributed by atoms with Crippen molar-refractivity contribution in [3.63, 3.8) is 0 Å². The van der Waals surface area contributed by atoms with Crippen LogP contribution in [0.1, 0.15) is 20.8 Å². The molecule has 1 unspecified atom stereocenters. The van der Waals surface area contributed by atoms with Crippen molar-refractivity contribution in [3.8, 4) is 0 Å². The zero-order valence-corrected chi connectivity index (χ0v) is 8.70. The van der Waals surface area contributed by atoms with E-state index in [4.69, 9.17) is 9.90 Å². The van der Waals surface area contributed by atoms with E-state index < -0.39 is 12.0 Å². The minimum Gasteiger partial charge on any atom is -0.480 e. The quantitative estimate of drug-likeness (QED) is 0.541. The fraction of sp³-hybridized carbons (Fsp3) is 0.750. The van der Waals surface area contributed by atoms with Crippen molar-refractivity contribution in [3.05, 3.63) is 0 Å². The summed E-state index contributed by atoms with van der Waals surface area (Å²) in [4.78, 5) is 18.9. The highest BCUT2D eigenvalue weighted by atomic mass is 16.4. The van der Waals surface area contributed by atoms with E-state index in [1.165, 1.54) is 0 Å². The summed E-state index contributed by atoms with van der Waals surface area (Å²) >= 11 is 0. The van der Waals surface area contributed by atoms with Crippen molar-refractivity contribution >= 4 is 12.3 Å². The first-order valence-electron chi connectivity index (χ1n) is 4.13. The molecule has 80 valence electrons. The van der Waals surface area contributed by atoms with Crippen LogP contribution in [0.15, 0.2) is 0 Å². The van der Waals surface area contributed by atoms with Gasteiger partial charge in [0.25, 0.3) is 0 Å². The van der Waals surface area contributed by atoms with E-state index >= 15 is 0 Å². The third-order valence-electron chi connectivity index (χ3n) is 0.900. The Labute approximate surface area is 79.3 Å². The Bertz CT molecular complexity index is 118. The molecule has 0 saturated heterocycles. The lowest BCUT2D eigenvalue weighted by molar-refractivity contribution is -0.138. The van der Waals surface area contributed by atoms with Gasteiger partial charge in [-0.15, -0.1) is 0 Å². The number of likely N-dealkylation sites (N-methyl/N-ethyl adjacent to an activating group) is 1. The molecule has 0 spiro atoms.